The molecule has 0 aliphatic rings. The Morgan fingerprint density at radius 3 is 2.60 bits per heavy atom. The van der Waals surface area contributed by atoms with Crippen molar-refractivity contribution in [1.82, 2.24) is 4.98 Å². The third kappa shape index (κ3) is 3.10. The highest BCUT2D eigenvalue weighted by Crippen LogP contribution is 2.20. The lowest BCUT2D eigenvalue weighted by atomic mass is 10.2. The summed E-state index contributed by atoms with van der Waals surface area (Å²) in [4.78, 5) is 24.8. The Morgan fingerprint density at radius 2 is 2.00 bits per heavy atom. The minimum atomic E-state index is -0.855. The number of halogens is 2. The Kier molecular flexibility index (Phi) is 3.65. The van der Waals surface area contributed by atoms with Gasteiger partial charge >= 0.3 is 0 Å². The van der Waals surface area contributed by atoms with Crippen molar-refractivity contribution in [1.29, 1.82) is 0 Å². The van der Waals surface area contributed by atoms with Gasteiger partial charge in [0.2, 0.25) is 5.95 Å². The molecule has 0 unspecified atom stereocenters. The number of amides is 1. The quantitative estimate of drug-likeness (QED) is 0.531. The first-order valence-corrected chi connectivity index (χ1v) is 5.33. The van der Waals surface area contributed by atoms with Gasteiger partial charge in [-0.25, -0.2) is 9.37 Å². The highest BCUT2D eigenvalue weighted by atomic mass is 19.1. The van der Waals surface area contributed by atoms with Gasteiger partial charge in [-0.3, -0.25) is 14.9 Å². The number of non-ortho nitro benzene ring substituents is 1. The van der Waals surface area contributed by atoms with E-state index in [1.165, 1.54) is 6.07 Å². The zero-order chi connectivity index (χ0) is 14.7. The van der Waals surface area contributed by atoms with Crippen LogP contribution < -0.4 is 5.32 Å². The fraction of sp³-hybridized carbons (Fsp3) is 0. The molecule has 2 rings (SSSR count). The van der Waals surface area contributed by atoms with Gasteiger partial charge in [0.15, 0.2) is 0 Å². The number of carbonyl (C=O) groups is 1. The van der Waals surface area contributed by atoms with Crippen LogP contribution in [0, 0.1) is 21.9 Å². The van der Waals surface area contributed by atoms with Gasteiger partial charge in [-0.05, 0) is 18.2 Å². The van der Waals surface area contributed by atoms with Crippen LogP contribution in [0.4, 0.5) is 20.2 Å². The molecule has 2 aromatic rings. The molecule has 1 aromatic carbocycles. The Hall–Kier alpha value is -2.90. The molecule has 1 N–H and O–H groups in total. The fourth-order valence-electron chi connectivity index (χ4n) is 1.47. The smallest absolute Gasteiger partial charge is 0.274 e. The van der Waals surface area contributed by atoms with Gasteiger partial charge in [0.25, 0.3) is 11.6 Å². The maximum atomic E-state index is 13.2. The Balaban J connectivity index is 2.23. The summed E-state index contributed by atoms with van der Waals surface area (Å²) < 4.78 is 25.8. The number of carbonyl (C=O) groups excluding carboxylic acids is 1. The van der Waals surface area contributed by atoms with Gasteiger partial charge in [0.05, 0.1) is 22.2 Å². The summed E-state index contributed by atoms with van der Waals surface area (Å²) in [5.41, 5.74) is -0.526. The molecule has 0 aliphatic carbocycles. The number of nitrogens with one attached hydrogen (secondary N) is 1. The number of nitrogens with zero attached hydrogens (tertiary/aromatic N) is 2. The minimum Gasteiger partial charge on any atom is -0.322 e. The van der Waals surface area contributed by atoms with E-state index in [2.05, 4.69) is 10.3 Å². The van der Waals surface area contributed by atoms with E-state index in [0.717, 1.165) is 30.5 Å². The first-order valence-electron chi connectivity index (χ1n) is 5.33. The summed E-state index contributed by atoms with van der Waals surface area (Å²) >= 11 is 0. The molecule has 1 aromatic heterocycles. The van der Waals surface area contributed by atoms with Gasteiger partial charge < -0.3 is 5.32 Å². The molecular formula is C12H7F2N3O3. The molecule has 102 valence electrons. The summed E-state index contributed by atoms with van der Waals surface area (Å²) in [5, 5.41) is 12.8. The fourth-order valence-corrected chi connectivity index (χ4v) is 1.47. The van der Waals surface area contributed by atoms with E-state index in [9.17, 15) is 23.7 Å². The second kappa shape index (κ2) is 5.39. The molecule has 0 spiro atoms. The van der Waals surface area contributed by atoms with Gasteiger partial charge in [-0.1, -0.05) is 0 Å². The molecule has 0 saturated heterocycles. The summed E-state index contributed by atoms with van der Waals surface area (Å²) in [6, 6.07) is 4.85. The van der Waals surface area contributed by atoms with Crippen molar-refractivity contribution >= 4 is 17.3 Å². The number of anilines is 1. The number of benzene rings is 1. The van der Waals surface area contributed by atoms with Crippen LogP contribution in [-0.4, -0.2) is 15.8 Å². The zero-order valence-corrected chi connectivity index (χ0v) is 9.84. The molecule has 0 aliphatic heterocycles. The van der Waals surface area contributed by atoms with E-state index >= 15 is 0 Å². The maximum Gasteiger partial charge on any atom is 0.274 e. The number of hydrogen-bond acceptors (Lipinski definition) is 4. The Bertz CT molecular complexity index is 674. The standard InChI is InChI=1S/C12H7F2N3O3/c13-8-3-9(5-10(4-8)17(19)20)16-12(18)7-1-2-11(14)15-6-7/h1-6H,(H,16,18). The molecule has 0 bridgehead atoms. The van der Waals surface area contributed by atoms with Gasteiger partial charge in [0.1, 0.15) is 5.82 Å². The zero-order valence-electron chi connectivity index (χ0n) is 9.84. The number of pyridine rings is 1. The molecular weight excluding hydrogens is 272 g/mol. The Morgan fingerprint density at radius 1 is 1.25 bits per heavy atom. The normalized spacial score (nSPS) is 10.1. The van der Waals surface area contributed by atoms with Crippen LogP contribution in [0.2, 0.25) is 0 Å². The topological polar surface area (TPSA) is 85.1 Å². The number of nitro benzene ring substituents is 1. The van der Waals surface area contributed by atoms with Crippen LogP contribution in [-0.2, 0) is 0 Å². The monoisotopic (exact) mass is 279 g/mol. The predicted octanol–water partition coefficient (Wildman–Crippen LogP) is 2.52. The number of aromatic nitrogens is 1. The molecule has 0 saturated carbocycles. The average molecular weight is 279 g/mol. The third-order valence-corrected chi connectivity index (χ3v) is 2.34. The molecule has 1 amide bonds. The van der Waals surface area contributed by atoms with Crippen molar-refractivity contribution in [2.24, 2.45) is 0 Å². The highest BCUT2D eigenvalue weighted by molar-refractivity contribution is 6.04. The van der Waals surface area contributed by atoms with E-state index in [1.54, 1.807) is 0 Å². The average Bonchev–Trinajstić information content (AvgIpc) is 2.38. The number of hydrogen-bond donors (Lipinski definition) is 1. The third-order valence-electron chi connectivity index (χ3n) is 2.34. The molecule has 20 heavy (non-hydrogen) atoms. The van der Waals surface area contributed by atoms with E-state index in [-0.39, 0.29) is 11.3 Å². The van der Waals surface area contributed by atoms with Crippen LogP contribution in [0.3, 0.4) is 0 Å². The predicted molar refractivity (Wildman–Crippen MR) is 65.2 cm³/mol. The van der Waals surface area contributed by atoms with Gasteiger partial charge in [-0.15, -0.1) is 0 Å². The van der Waals surface area contributed by atoms with E-state index in [0.29, 0.717) is 0 Å². The molecule has 0 radical (unpaired) electrons. The molecule has 0 atom stereocenters. The molecule has 0 fully saturated rings. The minimum absolute atomic E-state index is 0.0401. The van der Waals surface area contributed by atoms with E-state index < -0.39 is 28.3 Å². The van der Waals surface area contributed by atoms with Crippen molar-refractivity contribution in [2.75, 3.05) is 5.32 Å². The van der Waals surface area contributed by atoms with Crippen molar-refractivity contribution in [3.63, 3.8) is 0 Å². The molecule has 6 nitrogen and oxygen atoms in total. The lowest BCUT2D eigenvalue weighted by Gasteiger charge is -2.05. The van der Waals surface area contributed by atoms with Crippen molar-refractivity contribution in [2.45, 2.75) is 0 Å². The largest absolute Gasteiger partial charge is 0.322 e. The van der Waals surface area contributed by atoms with Gasteiger partial charge in [0, 0.05) is 12.3 Å². The summed E-state index contributed by atoms with van der Waals surface area (Å²) in [7, 11) is 0. The first-order chi connectivity index (χ1) is 9.45. The van der Waals surface area contributed by atoms with Crippen LogP contribution in [0.1, 0.15) is 10.4 Å². The SMILES string of the molecule is O=C(Nc1cc(F)cc([N+](=O)[O-])c1)c1ccc(F)nc1. The second-order valence-corrected chi connectivity index (χ2v) is 3.78. The van der Waals surface area contributed by atoms with Gasteiger partial charge in [-0.2, -0.15) is 4.39 Å². The summed E-state index contributed by atoms with van der Waals surface area (Å²) in [6.45, 7) is 0. The number of nitro groups is 1. The second-order valence-electron chi connectivity index (χ2n) is 3.78. The lowest BCUT2D eigenvalue weighted by molar-refractivity contribution is -0.385. The van der Waals surface area contributed by atoms with Crippen molar-refractivity contribution < 1.29 is 18.5 Å². The van der Waals surface area contributed by atoms with E-state index in [4.69, 9.17) is 0 Å². The maximum absolute atomic E-state index is 13.2. The highest BCUT2D eigenvalue weighted by Gasteiger charge is 2.13. The molecule has 1 heterocycles. The summed E-state index contributed by atoms with van der Waals surface area (Å²) in [5.74, 6) is -2.29. The van der Waals surface area contributed by atoms with Crippen LogP contribution in [0.15, 0.2) is 36.5 Å². The Labute approximate surface area is 111 Å². The molecule has 8 heteroatoms. The first kappa shape index (κ1) is 13.5. The van der Waals surface area contributed by atoms with Crippen molar-refractivity contribution in [3.05, 3.63) is 64.0 Å². The van der Waals surface area contributed by atoms with Crippen LogP contribution in [0.5, 0.6) is 0 Å². The van der Waals surface area contributed by atoms with Crippen LogP contribution in [0.25, 0.3) is 0 Å². The van der Waals surface area contributed by atoms with Crippen LogP contribution >= 0.6 is 0 Å². The lowest BCUT2D eigenvalue weighted by Crippen LogP contribution is -2.12. The van der Waals surface area contributed by atoms with Crippen molar-refractivity contribution in [3.8, 4) is 0 Å². The summed E-state index contributed by atoms with van der Waals surface area (Å²) in [6.07, 6.45) is 0.998. The number of rotatable bonds is 3. The van der Waals surface area contributed by atoms with E-state index in [1.807, 2.05) is 0 Å².